The zero-order valence-corrected chi connectivity index (χ0v) is 6.77. The van der Waals surface area contributed by atoms with Crippen molar-refractivity contribution < 1.29 is 10.2 Å². The van der Waals surface area contributed by atoms with E-state index in [4.69, 9.17) is 5.11 Å². The van der Waals surface area contributed by atoms with Crippen LogP contribution in [0.1, 0.15) is 17.0 Å². The molecule has 12 heavy (non-hydrogen) atoms. The molecule has 2 unspecified atom stereocenters. The van der Waals surface area contributed by atoms with Crippen molar-refractivity contribution in [3.05, 3.63) is 35.4 Å². The first kappa shape index (κ1) is 7.77. The van der Waals surface area contributed by atoms with Crippen molar-refractivity contribution in [2.24, 2.45) is 0 Å². The molecular formula is C10H12O2. The van der Waals surface area contributed by atoms with E-state index < -0.39 is 6.10 Å². The number of hydrogen-bond acceptors (Lipinski definition) is 2. The van der Waals surface area contributed by atoms with Crippen molar-refractivity contribution in [2.75, 3.05) is 6.61 Å². The Hall–Kier alpha value is -0.860. The maximum Gasteiger partial charge on any atom is 0.0671 e. The molecule has 0 saturated carbocycles. The van der Waals surface area contributed by atoms with Crippen molar-refractivity contribution in [1.82, 2.24) is 0 Å². The van der Waals surface area contributed by atoms with Gasteiger partial charge in [0, 0.05) is 5.92 Å². The summed E-state index contributed by atoms with van der Waals surface area (Å²) >= 11 is 0. The van der Waals surface area contributed by atoms with Gasteiger partial charge in [-0.1, -0.05) is 24.3 Å². The van der Waals surface area contributed by atoms with Crippen LogP contribution in [0.25, 0.3) is 0 Å². The largest absolute Gasteiger partial charge is 0.396 e. The average molecular weight is 164 g/mol. The van der Waals surface area contributed by atoms with E-state index in [0.29, 0.717) is 6.42 Å². The topological polar surface area (TPSA) is 40.5 Å². The molecule has 2 atom stereocenters. The Kier molecular flexibility index (Phi) is 1.87. The first-order valence-electron chi connectivity index (χ1n) is 4.19. The molecule has 1 aromatic carbocycles. The number of benzene rings is 1. The molecule has 0 fully saturated rings. The van der Waals surface area contributed by atoms with Crippen LogP contribution in [0.15, 0.2) is 24.3 Å². The molecule has 1 aliphatic rings. The summed E-state index contributed by atoms with van der Waals surface area (Å²) in [5.74, 6) is -0.0683. The van der Waals surface area contributed by atoms with Gasteiger partial charge in [0.1, 0.15) is 0 Å². The lowest BCUT2D eigenvalue weighted by Crippen LogP contribution is -2.16. The Morgan fingerprint density at radius 1 is 1.33 bits per heavy atom. The number of fused-ring (bicyclic) bond motifs is 1. The van der Waals surface area contributed by atoms with Crippen LogP contribution >= 0.6 is 0 Å². The standard InChI is InChI=1S/C10H12O2/c11-6-9-8-4-2-1-3-7(8)5-10(9)12/h1-4,9-12H,5-6H2. The molecule has 64 valence electrons. The van der Waals surface area contributed by atoms with E-state index in [9.17, 15) is 5.11 Å². The maximum atomic E-state index is 9.55. The van der Waals surface area contributed by atoms with E-state index >= 15 is 0 Å². The fourth-order valence-corrected chi connectivity index (χ4v) is 1.88. The molecule has 0 saturated heterocycles. The Bertz CT molecular complexity index is 283. The van der Waals surface area contributed by atoms with Gasteiger partial charge in [-0.05, 0) is 17.5 Å². The molecular weight excluding hydrogens is 152 g/mol. The minimum absolute atomic E-state index is 0.0399. The predicted molar refractivity (Wildman–Crippen MR) is 46.0 cm³/mol. The zero-order valence-electron chi connectivity index (χ0n) is 6.77. The van der Waals surface area contributed by atoms with Gasteiger partial charge in [-0.25, -0.2) is 0 Å². The second-order valence-corrected chi connectivity index (χ2v) is 3.26. The lowest BCUT2D eigenvalue weighted by Gasteiger charge is -2.11. The van der Waals surface area contributed by atoms with Crippen LogP contribution in [-0.2, 0) is 6.42 Å². The quantitative estimate of drug-likeness (QED) is 0.640. The normalized spacial score (nSPS) is 27.2. The summed E-state index contributed by atoms with van der Waals surface area (Å²) in [4.78, 5) is 0. The van der Waals surface area contributed by atoms with Crippen LogP contribution in [0, 0.1) is 0 Å². The van der Waals surface area contributed by atoms with Gasteiger partial charge in [-0.15, -0.1) is 0 Å². The van der Waals surface area contributed by atoms with Gasteiger partial charge in [-0.2, -0.15) is 0 Å². The van der Waals surface area contributed by atoms with E-state index in [2.05, 4.69) is 0 Å². The third kappa shape index (κ3) is 1.04. The zero-order chi connectivity index (χ0) is 8.55. The first-order chi connectivity index (χ1) is 5.83. The fraction of sp³-hybridized carbons (Fsp3) is 0.400. The molecule has 0 spiro atoms. The van der Waals surface area contributed by atoms with Crippen LogP contribution < -0.4 is 0 Å². The summed E-state index contributed by atoms with van der Waals surface area (Å²) < 4.78 is 0. The second kappa shape index (κ2) is 2.88. The summed E-state index contributed by atoms with van der Waals surface area (Å²) in [7, 11) is 0. The highest BCUT2D eigenvalue weighted by atomic mass is 16.3. The van der Waals surface area contributed by atoms with Gasteiger partial charge in [0.2, 0.25) is 0 Å². The fourth-order valence-electron chi connectivity index (χ4n) is 1.88. The highest BCUT2D eigenvalue weighted by Crippen LogP contribution is 2.32. The van der Waals surface area contributed by atoms with Crippen molar-refractivity contribution in [1.29, 1.82) is 0 Å². The Morgan fingerprint density at radius 3 is 2.83 bits per heavy atom. The number of aliphatic hydroxyl groups excluding tert-OH is 2. The SMILES string of the molecule is OCC1c2ccccc2CC1O. The summed E-state index contributed by atoms with van der Waals surface area (Å²) in [5, 5.41) is 18.6. The molecule has 2 heteroatoms. The van der Waals surface area contributed by atoms with Gasteiger partial charge < -0.3 is 10.2 Å². The molecule has 0 aromatic heterocycles. The highest BCUT2D eigenvalue weighted by Gasteiger charge is 2.29. The van der Waals surface area contributed by atoms with Crippen LogP contribution in [0.3, 0.4) is 0 Å². The van der Waals surface area contributed by atoms with Crippen LogP contribution in [0.5, 0.6) is 0 Å². The molecule has 2 nitrogen and oxygen atoms in total. The summed E-state index contributed by atoms with van der Waals surface area (Å²) in [6, 6.07) is 7.89. The van der Waals surface area contributed by atoms with Crippen molar-refractivity contribution in [3.63, 3.8) is 0 Å². The van der Waals surface area contributed by atoms with Crippen molar-refractivity contribution >= 4 is 0 Å². The van der Waals surface area contributed by atoms with Crippen molar-refractivity contribution in [3.8, 4) is 0 Å². The lowest BCUT2D eigenvalue weighted by molar-refractivity contribution is 0.119. The smallest absolute Gasteiger partial charge is 0.0671 e. The Morgan fingerprint density at radius 2 is 2.08 bits per heavy atom. The van der Waals surface area contributed by atoms with E-state index in [0.717, 1.165) is 5.56 Å². The molecule has 0 bridgehead atoms. The van der Waals surface area contributed by atoms with Crippen LogP contribution in [-0.4, -0.2) is 22.9 Å². The van der Waals surface area contributed by atoms with E-state index in [1.165, 1.54) is 5.56 Å². The van der Waals surface area contributed by atoms with E-state index in [-0.39, 0.29) is 12.5 Å². The number of hydrogen-bond donors (Lipinski definition) is 2. The predicted octanol–water partition coefficient (Wildman–Crippen LogP) is 0.679. The van der Waals surface area contributed by atoms with Gasteiger partial charge >= 0.3 is 0 Å². The van der Waals surface area contributed by atoms with Gasteiger partial charge in [-0.3, -0.25) is 0 Å². The van der Waals surface area contributed by atoms with Gasteiger partial charge in [0.15, 0.2) is 0 Å². The lowest BCUT2D eigenvalue weighted by atomic mass is 10.0. The molecule has 2 N–H and O–H groups in total. The van der Waals surface area contributed by atoms with Crippen LogP contribution in [0.2, 0.25) is 0 Å². The Labute approximate surface area is 71.5 Å². The number of aliphatic hydroxyl groups is 2. The molecule has 1 aliphatic carbocycles. The summed E-state index contributed by atoms with van der Waals surface area (Å²) in [6.45, 7) is 0.0399. The maximum absolute atomic E-state index is 9.55. The van der Waals surface area contributed by atoms with Gasteiger partial charge in [0.25, 0.3) is 0 Å². The highest BCUT2D eigenvalue weighted by molar-refractivity contribution is 5.36. The summed E-state index contributed by atoms with van der Waals surface area (Å²) in [5.41, 5.74) is 2.27. The first-order valence-corrected chi connectivity index (χ1v) is 4.19. The number of rotatable bonds is 1. The molecule has 2 rings (SSSR count). The summed E-state index contributed by atoms with van der Waals surface area (Å²) in [6.07, 6.45) is 0.286. The van der Waals surface area contributed by atoms with Gasteiger partial charge in [0.05, 0.1) is 12.7 Å². The molecule has 1 aromatic rings. The minimum Gasteiger partial charge on any atom is -0.396 e. The second-order valence-electron chi connectivity index (χ2n) is 3.26. The monoisotopic (exact) mass is 164 g/mol. The average Bonchev–Trinajstić information content (AvgIpc) is 2.40. The van der Waals surface area contributed by atoms with E-state index in [1.807, 2.05) is 24.3 Å². The van der Waals surface area contributed by atoms with Crippen LogP contribution in [0.4, 0.5) is 0 Å². The third-order valence-electron chi connectivity index (χ3n) is 2.54. The minimum atomic E-state index is -0.396. The molecule has 0 heterocycles. The molecule has 0 amide bonds. The Balaban J connectivity index is 2.40. The van der Waals surface area contributed by atoms with E-state index in [1.54, 1.807) is 0 Å². The molecule has 0 aliphatic heterocycles. The molecule has 0 radical (unpaired) electrons. The third-order valence-corrected chi connectivity index (χ3v) is 2.54. The van der Waals surface area contributed by atoms with Crippen molar-refractivity contribution in [2.45, 2.75) is 18.4 Å².